The Morgan fingerprint density at radius 1 is 0.200 bits per heavy atom. The van der Waals surface area contributed by atoms with Crippen molar-refractivity contribution in [2.75, 3.05) is 0 Å². The summed E-state index contributed by atoms with van der Waals surface area (Å²) in [5.74, 6) is 5.07. The van der Waals surface area contributed by atoms with Gasteiger partial charge in [-0.05, 0) is 102 Å². The molecule has 466 valence electrons. The van der Waals surface area contributed by atoms with E-state index in [1.54, 1.807) is 0 Å². The molecular weight excluding hydrogens is 1230 g/mol. The van der Waals surface area contributed by atoms with Crippen molar-refractivity contribution in [2.45, 2.75) is 0 Å². The zero-order chi connectivity index (χ0) is 66.5. The number of rotatable bonds is 13. The molecular formula is C88H54N12. The molecule has 0 aliphatic carbocycles. The lowest BCUT2D eigenvalue weighted by atomic mass is 9.94. The van der Waals surface area contributed by atoms with E-state index in [0.29, 0.717) is 58.0 Å². The molecule has 12 nitrogen and oxygen atoms in total. The van der Waals surface area contributed by atoms with E-state index < -0.39 is 0 Å². The lowest BCUT2D eigenvalue weighted by Crippen LogP contribution is -2.04. The average Bonchev–Trinajstić information content (AvgIpc) is 1.55. The van der Waals surface area contributed by atoms with Gasteiger partial charge in [-0.1, -0.05) is 237 Å². The molecule has 18 rings (SSSR count). The van der Waals surface area contributed by atoms with Crippen molar-refractivity contribution in [3.8, 4) is 142 Å². The smallest absolute Gasteiger partial charge is 0.164 e. The van der Waals surface area contributed by atoms with Crippen LogP contribution in [0.4, 0.5) is 0 Å². The van der Waals surface area contributed by atoms with Crippen LogP contribution in [-0.4, -0.2) is 54.0 Å². The highest BCUT2D eigenvalue weighted by atomic mass is 15.1. The fourth-order valence-corrected chi connectivity index (χ4v) is 13.5. The first-order chi connectivity index (χ1) is 49.5. The van der Waals surface area contributed by atoms with Crippen LogP contribution in [0.15, 0.2) is 328 Å². The molecule has 0 N–H and O–H groups in total. The number of hydrogen-bond acceptors (Lipinski definition) is 10. The molecule has 100 heavy (non-hydrogen) atoms. The first-order valence-electron chi connectivity index (χ1n) is 33.0. The predicted octanol–water partition coefficient (Wildman–Crippen LogP) is 20.6. The SMILES string of the molecule is N#Cc1ccc(-c2ccc(-n3c4ccccc4c4cc(-c5nc(-c6ccccc6)nc(-c6ccccc6)n5)ccc43)c(-c3cc(-c4nc(-c5ccccc5)nc(-c5ccccc5)n4)ccc3-n3c4ccccc4c4cc(-c5nc(-c6ccccc6)nc(-c6ccccc6)n5)ccc43)c2)cc1. The Labute approximate surface area is 574 Å². The average molecular weight is 1280 g/mol. The molecule has 0 aliphatic heterocycles. The van der Waals surface area contributed by atoms with E-state index in [2.05, 4.69) is 137 Å². The van der Waals surface area contributed by atoms with E-state index in [4.69, 9.17) is 44.9 Å². The van der Waals surface area contributed by atoms with Crippen LogP contribution in [0.25, 0.3) is 180 Å². The van der Waals surface area contributed by atoms with Crippen molar-refractivity contribution in [3.05, 3.63) is 333 Å². The molecule has 5 heterocycles. The van der Waals surface area contributed by atoms with Crippen LogP contribution >= 0.6 is 0 Å². The molecule has 0 bridgehead atoms. The van der Waals surface area contributed by atoms with E-state index in [0.717, 1.165) is 127 Å². The molecule has 0 radical (unpaired) electrons. The highest BCUT2D eigenvalue weighted by molar-refractivity contribution is 6.13. The Bertz CT molecular complexity index is 6020. The predicted molar refractivity (Wildman–Crippen MR) is 400 cm³/mol. The van der Waals surface area contributed by atoms with Crippen LogP contribution in [0.5, 0.6) is 0 Å². The second kappa shape index (κ2) is 25.0. The van der Waals surface area contributed by atoms with Gasteiger partial charge in [0.1, 0.15) is 0 Å². The van der Waals surface area contributed by atoms with Crippen LogP contribution in [0.1, 0.15) is 5.56 Å². The Balaban J connectivity index is 0.895. The molecule has 5 aromatic heterocycles. The van der Waals surface area contributed by atoms with Crippen molar-refractivity contribution in [1.29, 1.82) is 5.26 Å². The first-order valence-corrected chi connectivity index (χ1v) is 33.0. The van der Waals surface area contributed by atoms with Gasteiger partial charge in [-0.25, -0.2) is 44.9 Å². The van der Waals surface area contributed by atoms with Gasteiger partial charge in [0.25, 0.3) is 0 Å². The van der Waals surface area contributed by atoms with Crippen LogP contribution in [0.2, 0.25) is 0 Å². The maximum absolute atomic E-state index is 10.1. The minimum absolute atomic E-state index is 0.507. The van der Waals surface area contributed by atoms with Gasteiger partial charge in [-0.3, -0.25) is 0 Å². The van der Waals surface area contributed by atoms with E-state index in [1.165, 1.54) is 0 Å². The topological polar surface area (TPSA) is 150 Å². The summed E-state index contributed by atoms with van der Waals surface area (Å²) in [4.78, 5) is 46.6. The lowest BCUT2D eigenvalue weighted by Gasteiger charge is -2.21. The summed E-state index contributed by atoms with van der Waals surface area (Å²) in [6, 6.07) is 114. The fourth-order valence-electron chi connectivity index (χ4n) is 13.5. The summed E-state index contributed by atoms with van der Waals surface area (Å²) >= 11 is 0. The molecule has 0 aliphatic rings. The van der Waals surface area contributed by atoms with Crippen LogP contribution in [0, 0.1) is 11.3 Å². The van der Waals surface area contributed by atoms with E-state index in [-0.39, 0.29) is 0 Å². The Kier molecular flexibility index (Phi) is 14.6. The monoisotopic (exact) mass is 1280 g/mol. The highest BCUT2D eigenvalue weighted by Crippen LogP contribution is 2.45. The van der Waals surface area contributed by atoms with Crippen molar-refractivity contribution in [3.63, 3.8) is 0 Å². The number of nitriles is 1. The quantitative estimate of drug-likeness (QED) is 0.109. The number of fused-ring (bicyclic) bond motifs is 6. The Morgan fingerprint density at radius 2 is 0.450 bits per heavy atom. The lowest BCUT2D eigenvalue weighted by molar-refractivity contribution is 1.07. The molecule has 0 spiro atoms. The number of nitrogens with zero attached hydrogens (tertiary/aromatic N) is 12. The molecule has 0 saturated carbocycles. The minimum Gasteiger partial charge on any atom is -0.309 e. The maximum atomic E-state index is 10.1. The molecule has 18 aromatic rings. The summed E-state index contributed by atoms with van der Waals surface area (Å²) in [6.45, 7) is 0. The normalized spacial score (nSPS) is 11.4. The molecule has 0 unspecified atom stereocenters. The van der Waals surface area contributed by atoms with Crippen molar-refractivity contribution in [2.24, 2.45) is 0 Å². The number of aromatic nitrogens is 11. The second-order valence-corrected chi connectivity index (χ2v) is 24.4. The summed E-state index contributed by atoms with van der Waals surface area (Å²) in [5.41, 5.74) is 17.8. The summed E-state index contributed by atoms with van der Waals surface area (Å²) in [7, 11) is 0. The van der Waals surface area contributed by atoms with E-state index >= 15 is 0 Å². The molecule has 13 aromatic carbocycles. The molecule has 12 heteroatoms. The van der Waals surface area contributed by atoms with Crippen LogP contribution in [-0.2, 0) is 0 Å². The third-order valence-electron chi connectivity index (χ3n) is 18.3. The molecule has 0 atom stereocenters. The van der Waals surface area contributed by atoms with Gasteiger partial charge in [-0.15, -0.1) is 0 Å². The molecule has 0 saturated heterocycles. The maximum Gasteiger partial charge on any atom is 0.164 e. The highest BCUT2D eigenvalue weighted by Gasteiger charge is 2.25. The minimum atomic E-state index is 0.507. The third kappa shape index (κ3) is 10.7. The number of benzene rings is 13. The Hall–Kier alpha value is -14.0. The van der Waals surface area contributed by atoms with Gasteiger partial charge < -0.3 is 9.13 Å². The van der Waals surface area contributed by atoms with E-state index in [9.17, 15) is 5.26 Å². The van der Waals surface area contributed by atoms with Gasteiger partial charge in [0, 0.05) is 82.7 Å². The second-order valence-electron chi connectivity index (χ2n) is 24.4. The molecule has 0 fully saturated rings. The first kappa shape index (κ1) is 58.5. The van der Waals surface area contributed by atoms with Crippen molar-refractivity contribution < 1.29 is 0 Å². The standard InChI is InChI=1S/C88H54N12/c89-55-56-39-41-57(42-40-56)64-43-47-78(99-74-37-21-19-35-68(74)70-52-65(44-48-76(70)99)86-93-80(58-23-7-1-8-24-58)90-81(94-86)59-25-9-2-10-26-59)72(51-64)73-54-67(88-97-84(62-31-15-5-16-32-62)92-85(98-88)63-33-17-6-18-34-63)46-50-79(73)100-75-38-22-20-36-69(75)71-53-66(45-49-77(71)100)87-95-82(60-27-11-3-12-28-60)91-83(96-87)61-29-13-4-14-30-61/h1-54H. The number of hydrogen-bond donors (Lipinski definition) is 0. The van der Waals surface area contributed by atoms with Gasteiger partial charge in [0.05, 0.1) is 45.1 Å². The van der Waals surface area contributed by atoms with Gasteiger partial charge >= 0.3 is 0 Å². The number of para-hydroxylation sites is 2. The van der Waals surface area contributed by atoms with Crippen molar-refractivity contribution in [1.82, 2.24) is 54.0 Å². The van der Waals surface area contributed by atoms with Crippen LogP contribution < -0.4 is 0 Å². The van der Waals surface area contributed by atoms with Gasteiger partial charge in [0.15, 0.2) is 52.4 Å². The fraction of sp³-hybridized carbons (Fsp3) is 0. The zero-order valence-corrected chi connectivity index (χ0v) is 53.5. The van der Waals surface area contributed by atoms with E-state index in [1.807, 2.05) is 206 Å². The van der Waals surface area contributed by atoms with Crippen LogP contribution in [0.3, 0.4) is 0 Å². The summed E-state index contributed by atoms with van der Waals surface area (Å²) < 4.78 is 4.76. The van der Waals surface area contributed by atoms with Gasteiger partial charge in [-0.2, -0.15) is 5.26 Å². The third-order valence-corrected chi connectivity index (χ3v) is 18.3. The van der Waals surface area contributed by atoms with Crippen molar-refractivity contribution >= 4 is 43.6 Å². The Morgan fingerprint density at radius 3 is 0.780 bits per heavy atom. The van der Waals surface area contributed by atoms with Gasteiger partial charge in [0.2, 0.25) is 0 Å². The largest absolute Gasteiger partial charge is 0.309 e. The molecule has 0 amide bonds. The summed E-state index contributed by atoms with van der Waals surface area (Å²) in [5, 5.41) is 14.2. The summed E-state index contributed by atoms with van der Waals surface area (Å²) in [6.07, 6.45) is 0. The zero-order valence-electron chi connectivity index (χ0n) is 53.5.